The topological polar surface area (TPSA) is 59.0 Å². The molecule has 0 bridgehead atoms. The van der Waals surface area contributed by atoms with Gasteiger partial charge in [-0.25, -0.2) is 9.80 Å². The Balaban J connectivity index is 1.57. The molecule has 1 aliphatic rings. The lowest BCUT2D eigenvalue weighted by molar-refractivity contribution is -0.134. The summed E-state index contributed by atoms with van der Waals surface area (Å²) < 4.78 is 5.01. The van der Waals surface area contributed by atoms with Gasteiger partial charge in [-0.3, -0.25) is 4.79 Å². The Morgan fingerprint density at radius 3 is 2.73 bits per heavy atom. The van der Waals surface area contributed by atoms with E-state index in [-0.39, 0.29) is 12.5 Å². The second kappa shape index (κ2) is 6.53. The number of carbonyl (C=O) groups excluding carboxylic acids is 2. The molecule has 0 aliphatic carbocycles. The van der Waals surface area contributed by atoms with Crippen molar-refractivity contribution in [2.24, 2.45) is 5.10 Å². The molecule has 3 rings (SSSR count). The number of rotatable bonds is 4. The van der Waals surface area contributed by atoms with Crippen molar-refractivity contribution in [2.45, 2.75) is 6.42 Å². The van der Waals surface area contributed by atoms with Crippen molar-refractivity contribution in [3.63, 3.8) is 0 Å². The van der Waals surface area contributed by atoms with Crippen molar-refractivity contribution < 1.29 is 14.3 Å². The molecular weight excluding hydrogens is 300 g/mol. The Morgan fingerprint density at radius 1 is 1.18 bits per heavy atom. The van der Waals surface area contributed by atoms with Gasteiger partial charge >= 0.3 is 5.97 Å². The van der Waals surface area contributed by atoms with Crippen LogP contribution in [0.4, 0.5) is 0 Å². The third-order valence-electron chi connectivity index (χ3n) is 3.25. The van der Waals surface area contributed by atoms with Crippen LogP contribution in [-0.2, 0) is 9.53 Å². The van der Waals surface area contributed by atoms with Crippen LogP contribution in [0, 0.1) is 0 Å². The van der Waals surface area contributed by atoms with Crippen LogP contribution in [0.15, 0.2) is 52.9 Å². The minimum Gasteiger partial charge on any atom is -0.451 e. The summed E-state index contributed by atoms with van der Waals surface area (Å²) in [5.74, 6) is -0.786. The van der Waals surface area contributed by atoms with E-state index in [9.17, 15) is 9.59 Å². The molecule has 22 heavy (non-hydrogen) atoms. The molecule has 112 valence electrons. The Labute approximate surface area is 131 Å². The number of hydrazone groups is 1. The fourth-order valence-electron chi connectivity index (χ4n) is 2.14. The molecule has 6 heteroatoms. The molecule has 1 aliphatic heterocycles. The number of benzene rings is 1. The highest BCUT2D eigenvalue weighted by Crippen LogP contribution is 2.14. The number of hydrogen-bond acceptors (Lipinski definition) is 5. The van der Waals surface area contributed by atoms with Crippen molar-refractivity contribution >= 4 is 28.9 Å². The Kier molecular flexibility index (Phi) is 4.29. The lowest BCUT2D eigenvalue weighted by Crippen LogP contribution is -2.28. The molecule has 0 radical (unpaired) electrons. The summed E-state index contributed by atoms with van der Waals surface area (Å²) in [7, 11) is 0. The summed E-state index contributed by atoms with van der Waals surface area (Å²) in [6.45, 7) is 0.224. The van der Waals surface area contributed by atoms with Crippen molar-refractivity contribution in [3.8, 4) is 0 Å². The largest absolute Gasteiger partial charge is 0.451 e. The van der Waals surface area contributed by atoms with Gasteiger partial charge in [0, 0.05) is 6.42 Å². The first-order valence-corrected chi connectivity index (χ1v) is 7.76. The van der Waals surface area contributed by atoms with Crippen LogP contribution in [0.25, 0.3) is 0 Å². The minimum absolute atomic E-state index is 0.289. The number of ether oxygens (including phenoxy) is 1. The molecule has 1 amide bonds. The van der Waals surface area contributed by atoms with Crippen LogP contribution < -0.4 is 0 Å². The van der Waals surface area contributed by atoms with Crippen LogP contribution in [0.1, 0.15) is 21.7 Å². The van der Waals surface area contributed by atoms with Crippen molar-refractivity contribution in [1.29, 1.82) is 0 Å². The van der Waals surface area contributed by atoms with E-state index in [1.54, 1.807) is 17.5 Å². The van der Waals surface area contributed by atoms with E-state index >= 15 is 0 Å². The smallest absolute Gasteiger partial charge is 0.348 e. The molecule has 0 fully saturated rings. The van der Waals surface area contributed by atoms with E-state index in [4.69, 9.17) is 4.74 Å². The first-order chi connectivity index (χ1) is 10.7. The normalized spacial score (nSPS) is 13.8. The van der Waals surface area contributed by atoms with Crippen LogP contribution in [0.2, 0.25) is 0 Å². The molecular formula is C16H14N2O3S. The van der Waals surface area contributed by atoms with Gasteiger partial charge in [0.05, 0.1) is 12.3 Å². The summed E-state index contributed by atoms with van der Waals surface area (Å²) in [5.41, 5.74) is 1.88. The van der Waals surface area contributed by atoms with Gasteiger partial charge in [-0.1, -0.05) is 36.4 Å². The van der Waals surface area contributed by atoms with Gasteiger partial charge in [0.2, 0.25) is 0 Å². The van der Waals surface area contributed by atoms with E-state index in [0.29, 0.717) is 17.8 Å². The van der Waals surface area contributed by atoms with Crippen LogP contribution in [0.5, 0.6) is 0 Å². The third kappa shape index (κ3) is 3.23. The number of thiophene rings is 1. The Bertz CT molecular complexity index is 695. The minimum atomic E-state index is -0.477. The van der Waals surface area contributed by atoms with Gasteiger partial charge in [0.15, 0.2) is 6.61 Å². The van der Waals surface area contributed by atoms with Crippen molar-refractivity contribution in [3.05, 3.63) is 58.3 Å². The van der Waals surface area contributed by atoms with Gasteiger partial charge in [-0.2, -0.15) is 5.10 Å². The number of carbonyl (C=O) groups is 2. The van der Waals surface area contributed by atoms with Gasteiger partial charge in [0.1, 0.15) is 4.88 Å². The zero-order valence-electron chi connectivity index (χ0n) is 11.8. The quantitative estimate of drug-likeness (QED) is 0.815. The van der Waals surface area contributed by atoms with Crippen LogP contribution in [-0.4, -0.2) is 35.7 Å². The third-order valence-corrected chi connectivity index (χ3v) is 4.10. The summed E-state index contributed by atoms with van der Waals surface area (Å²) in [5, 5.41) is 7.46. The number of esters is 1. The second-order valence-corrected chi connectivity index (χ2v) is 5.68. The SMILES string of the molecule is O=C(OCC(=O)N1CCC(c2ccccc2)=N1)c1cccs1. The maximum absolute atomic E-state index is 12.0. The molecule has 0 atom stereocenters. The highest BCUT2D eigenvalue weighted by Gasteiger charge is 2.22. The zero-order valence-corrected chi connectivity index (χ0v) is 12.6. The van der Waals surface area contributed by atoms with E-state index in [1.165, 1.54) is 16.3 Å². The highest BCUT2D eigenvalue weighted by molar-refractivity contribution is 7.11. The van der Waals surface area contributed by atoms with Gasteiger partial charge in [-0.05, 0) is 17.0 Å². The lowest BCUT2D eigenvalue weighted by Gasteiger charge is -2.11. The lowest BCUT2D eigenvalue weighted by atomic mass is 10.1. The van der Waals surface area contributed by atoms with Gasteiger partial charge < -0.3 is 4.74 Å². The summed E-state index contributed by atoms with van der Waals surface area (Å²) in [6.07, 6.45) is 0.703. The van der Waals surface area contributed by atoms with Gasteiger partial charge in [-0.15, -0.1) is 11.3 Å². The van der Waals surface area contributed by atoms with E-state index in [1.807, 2.05) is 30.3 Å². The van der Waals surface area contributed by atoms with Crippen molar-refractivity contribution in [1.82, 2.24) is 5.01 Å². The van der Waals surface area contributed by atoms with Gasteiger partial charge in [0.25, 0.3) is 5.91 Å². The highest BCUT2D eigenvalue weighted by atomic mass is 32.1. The monoisotopic (exact) mass is 314 g/mol. The molecule has 0 unspecified atom stereocenters. The van der Waals surface area contributed by atoms with Crippen LogP contribution in [0.3, 0.4) is 0 Å². The summed E-state index contributed by atoms with van der Waals surface area (Å²) >= 11 is 1.29. The maximum Gasteiger partial charge on any atom is 0.348 e. The first kappa shape index (κ1) is 14.5. The molecule has 5 nitrogen and oxygen atoms in total. The predicted octanol–water partition coefficient (Wildman–Crippen LogP) is 2.54. The molecule has 0 saturated carbocycles. The molecule has 0 N–H and O–H groups in total. The fraction of sp³-hybridized carbons (Fsp3) is 0.188. The Hall–Kier alpha value is -2.47. The van der Waals surface area contributed by atoms with E-state index in [0.717, 1.165) is 11.3 Å². The predicted molar refractivity (Wildman–Crippen MR) is 83.9 cm³/mol. The maximum atomic E-state index is 12.0. The molecule has 1 aromatic carbocycles. The molecule has 2 aromatic rings. The average molecular weight is 314 g/mol. The number of nitrogens with zero attached hydrogens (tertiary/aromatic N) is 2. The standard InChI is InChI=1S/C16H14N2O3S/c19-15(11-21-16(20)14-7-4-10-22-14)18-9-8-13(17-18)12-5-2-1-3-6-12/h1-7,10H,8-9,11H2. The molecule has 2 heterocycles. The fourth-order valence-corrected chi connectivity index (χ4v) is 2.75. The van der Waals surface area contributed by atoms with Crippen LogP contribution >= 0.6 is 11.3 Å². The second-order valence-electron chi connectivity index (χ2n) is 4.73. The van der Waals surface area contributed by atoms with E-state index < -0.39 is 5.97 Å². The van der Waals surface area contributed by atoms with Crippen molar-refractivity contribution in [2.75, 3.05) is 13.2 Å². The molecule has 0 spiro atoms. The zero-order chi connectivity index (χ0) is 15.4. The molecule has 1 aromatic heterocycles. The average Bonchev–Trinajstić information content (AvgIpc) is 3.24. The summed E-state index contributed by atoms with van der Waals surface area (Å²) in [6, 6.07) is 13.2. The first-order valence-electron chi connectivity index (χ1n) is 6.88. The number of hydrogen-bond donors (Lipinski definition) is 0. The number of amides is 1. The Morgan fingerprint density at radius 2 is 2.00 bits per heavy atom. The summed E-state index contributed by atoms with van der Waals surface area (Å²) in [4.78, 5) is 24.2. The molecule has 0 saturated heterocycles. The van der Waals surface area contributed by atoms with E-state index in [2.05, 4.69) is 5.10 Å².